The quantitative estimate of drug-likeness (QED) is 0.904. The fourth-order valence-electron chi connectivity index (χ4n) is 1.98. The minimum absolute atomic E-state index is 0.292. The van der Waals surface area contributed by atoms with Gasteiger partial charge in [0.2, 0.25) is 0 Å². The zero-order valence-corrected chi connectivity index (χ0v) is 10.3. The minimum atomic E-state index is -0.448. The van der Waals surface area contributed by atoms with Crippen LogP contribution in [-0.4, -0.2) is 16.3 Å². The summed E-state index contributed by atoms with van der Waals surface area (Å²) in [6, 6.07) is 4.86. The van der Waals surface area contributed by atoms with Crippen LogP contribution < -0.4 is 5.32 Å². The van der Waals surface area contributed by atoms with E-state index >= 15 is 0 Å². The molecule has 0 saturated heterocycles. The summed E-state index contributed by atoms with van der Waals surface area (Å²) in [4.78, 5) is 0. The van der Waals surface area contributed by atoms with Gasteiger partial charge in [0.25, 0.3) is 0 Å². The molecule has 0 fully saturated rings. The number of nitrogens with one attached hydrogen (secondary N) is 1. The average molecular weight is 251 g/mol. The number of hydrogen-bond donors (Lipinski definition) is 1. The summed E-state index contributed by atoms with van der Waals surface area (Å²) in [5.74, 6) is -0.875. The highest BCUT2D eigenvalue weighted by atomic mass is 19.1. The number of benzene rings is 1. The van der Waals surface area contributed by atoms with Crippen LogP contribution in [0.3, 0.4) is 0 Å². The van der Waals surface area contributed by atoms with Crippen molar-refractivity contribution in [2.24, 2.45) is 7.05 Å². The Morgan fingerprint density at radius 1 is 1.33 bits per heavy atom. The topological polar surface area (TPSA) is 29.9 Å². The molecule has 1 atom stereocenters. The van der Waals surface area contributed by atoms with Crippen molar-refractivity contribution < 1.29 is 8.78 Å². The zero-order chi connectivity index (χ0) is 13.1. The maximum atomic E-state index is 13.8. The molecule has 0 aliphatic rings. The summed E-state index contributed by atoms with van der Waals surface area (Å²) in [6.07, 6.45) is 1.64. The van der Waals surface area contributed by atoms with Crippen molar-refractivity contribution in [2.75, 3.05) is 6.54 Å². The van der Waals surface area contributed by atoms with Crippen molar-refractivity contribution in [2.45, 2.75) is 13.0 Å². The second kappa shape index (κ2) is 5.27. The van der Waals surface area contributed by atoms with E-state index in [1.807, 2.05) is 6.92 Å². The van der Waals surface area contributed by atoms with E-state index in [1.54, 1.807) is 24.0 Å². The number of hydrogen-bond acceptors (Lipinski definition) is 2. The molecule has 0 radical (unpaired) electrons. The first-order valence-electron chi connectivity index (χ1n) is 5.79. The van der Waals surface area contributed by atoms with Gasteiger partial charge in [0.15, 0.2) is 0 Å². The standard InChI is InChI=1S/C13H15F2N3/c1-3-16-13(12-6-7-17-18(12)2)10-8-9(14)4-5-11(10)15/h4-8,13,16H,3H2,1-2H3. The molecule has 18 heavy (non-hydrogen) atoms. The molecule has 0 aliphatic heterocycles. The lowest BCUT2D eigenvalue weighted by Crippen LogP contribution is -2.25. The Bertz CT molecular complexity index is 537. The molecule has 0 aliphatic carbocycles. The molecule has 1 N–H and O–H groups in total. The predicted octanol–water partition coefficient (Wildman–Crippen LogP) is 2.40. The fourth-order valence-corrected chi connectivity index (χ4v) is 1.98. The van der Waals surface area contributed by atoms with Gasteiger partial charge in [-0.2, -0.15) is 5.10 Å². The van der Waals surface area contributed by atoms with E-state index in [1.165, 1.54) is 6.07 Å². The molecule has 1 aromatic heterocycles. The summed E-state index contributed by atoms with van der Waals surface area (Å²) in [6.45, 7) is 2.56. The smallest absolute Gasteiger partial charge is 0.128 e. The molecule has 0 bridgehead atoms. The molecule has 96 valence electrons. The van der Waals surface area contributed by atoms with E-state index in [0.29, 0.717) is 12.1 Å². The minimum Gasteiger partial charge on any atom is -0.305 e. The van der Waals surface area contributed by atoms with Crippen LogP contribution in [-0.2, 0) is 7.05 Å². The van der Waals surface area contributed by atoms with E-state index in [0.717, 1.165) is 17.8 Å². The Balaban J connectivity index is 2.48. The summed E-state index contributed by atoms with van der Waals surface area (Å²) in [5.41, 5.74) is 1.09. The molecule has 2 aromatic rings. The van der Waals surface area contributed by atoms with Crippen molar-refractivity contribution in [1.82, 2.24) is 15.1 Å². The average Bonchev–Trinajstić information content (AvgIpc) is 2.76. The molecule has 2 rings (SSSR count). The highest BCUT2D eigenvalue weighted by Gasteiger charge is 2.20. The maximum absolute atomic E-state index is 13.8. The maximum Gasteiger partial charge on any atom is 0.128 e. The van der Waals surface area contributed by atoms with E-state index in [2.05, 4.69) is 10.4 Å². The molecular weight excluding hydrogens is 236 g/mol. The monoisotopic (exact) mass is 251 g/mol. The first-order chi connectivity index (χ1) is 8.63. The Labute approximate surface area is 104 Å². The third kappa shape index (κ3) is 2.41. The van der Waals surface area contributed by atoms with Gasteiger partial charge in [-0.1, -0.05) is 6.92 Å². The molecular formula is C13H15F2N3. The van der Waals surface area contributed by atoms with E-state index in [4.69, 9.17) is 0 Å². The molecule has 1 unspecified atom stereocenters. The first kappa shape index (κ1) is 12.7. The summed E-state index contributed by atoms with van der Waals surface area (Å²) >= 11 is 0. The van der Waals surface area contributed by atoms with Crippen molar-refractivity contribution in [3.8, 4) is 0 Å². The van der Waals surface area contributed by atoms with Crippen LogP contribution in [0, 0.1) is 11.6 Å². The first-order valence-corrected chi connectivity index (χ1v) is 5.79. The van der Waals surface area contributed by atoms with Crippen LogP contribution in [0.25, 0.3) is 0 Å². The molecule has 5 heteroatoms. The Kier molecular flexibility index (Phi) is 3.72. The highest BCUT2D eigenvalue weighted by Crippen LogP contribution is 2.24. The second-order valence-electron chi connectivity index (χ2n) is 4.04. The lowest BCUT2D eigenvalue weighted by molar-refractivity contribution is 0.523. The molecule has 1 aromatic carbocycles. The lowest BCUT2D eigenvalue weighted by Gasteiger charge is -2.19. The van der Waals surface area contributed by atoms with Crippen LogP contribution in [0.1, 0.15) is 24.2 Å². The van der Waals surface area contributed by atoms with E-state index in [-0.39, 0.29) is 0 Å². The summed E-state index contributed by atoms with van der Waals surface area (Å²) < 4.78 is 28.8. The van der Waals surface area contributed by atoms with Crippen LogP contribution in [0.2, 0.25) is 0 Å². The summed E-state index contributed by atoms with van der Waals surface area (Å²) in [7, 11) is 1.77. The normalized spacial score (nSPS) is 12.7. The Morgan fingerprint density at radius 3 is 2.72 bits per heavy atom. The fraction of sp³-hybridized carbons (Fsp3) is 0.308. The van der Waals surface area contributed by atoms with Gasteiger partial charge in [-0.3, -0.25) is 4.68 Å². The van der Waals surface area contributed by atoms with Crippen molar-refractivity contribution in [1.29, 1.82) is 0 Å². The van der Waals surface area contributed by atoms with Crippen molar-refractivity contribution in [3.05, 3.63) is 53.4 Å². The number of nitrogens with zero attached hydrogens (tertiary/aromatic N) is 2. The lowest BCUT2D eigenvalue weighted by atomic mass is 10.0. The molecule has 3 nitrogen and oxygen atoms in total. The van der Waals surface area contributed by atoms with Gasteiger partial charge >= 0.3 is 0 Å². The third-order valence-corrected chi connectivity index (χ3v) is 2.83. The SMILES string of the molecule is CCNC(c1cc(F)ccc1F)c1ccnn1C. The van der Waals surface area contributed by atoms with Crippen molar-refractivity contribution >= 4 is 0 Å². The Hall–Kier alpha value is -1.75. The molecule has 1 heterocycles. The van der Waals surface area contributed by atoms with E-state index in [9.17, 15) is 8.78 Å². The van der Waals surface area contributed by atoms with E-state index < -0.39 is 17.7 Å². The number of rotatable bonds is 4. The van der Waals surface area contributed by atoms with Gasteiger partial charge < -0.3 is 5.32 Å². The van der Waals surface area contributed by atoms with Gasteiger partial charge in [0.1, 0.15) is 11.6 Å². The van der Waals surface area contributed by atoms with Gasteiger partial charge in [0, 0.05) is 18.8 Å². The van der Waals surface area contributed by atoms with Crippen LogP contribution >= 0.6 is 0 Å². The second-order valence-corrected chi connectivity index (χ2v) is 4.04. The van der Waals surface area contributed by atoms with Gasteiger partial charge in [-0.25, -0.2) is 8.78 Å². The van der Waals surface area contributed by atoms with Crippen LogP contribution in [0.4, 0.5) is 8.78 Å². The van der Waals surface area contributed by atoms with Gasteiger partial charge in [-0.05, 0) is 30.8 Å². The van der Waals surface area contributed by atoms with Crippen molar-refractivity contribution in [3.63, 3.8) is 0 Å². The van der Waals surface area contributed by atoms with Gasteiger partial charge in [0.05, 0.1) is 11.7 Å². The third-order valence-electron chi connectivity index (χ3n) is 2.83. The molecule has 0 amide bonds. The number of aromatic nitrogens is 2. The van der Waals surface area contributed by atoms with Gasteiger partial charge in [-0.15, -0.1) is 0 Å². The number of halogens is 2. The molecule has 0 spiro atoms. The predicted molar refractivity (Wildman–Crippen MR) is 65.1 cm³/mol. The number of aryl methyl sites for hydroxylation is 1. The van der Waals surface area contributed by atoms with Crippen LogP contribution in [0.5, 0.6) is 0 Å². The molecule has 0 saturated carbocycles. The summed E-state index contributed by atoms with van der Waals surface area (Å²) in [5, 5.41) is 7.20. The zero-order valence-electron chi connectivity index (χ0n) is 10.3. The Morgan fingerprint density at radius 2 is 2.11 bits per heavy atom. The largest absolute Gasteiger partial charge is 0.305 e. The highest BCUT2D eigenvalue weighted by molar-refractivity contribution is 5.29. The van der Waals surface area contributed by atoms with Crippen LogP contribution in [0.15, 0.2) is 30.5 Å².